The Morgan fingerprint density at radius 2 is 1.71 bits per heavy atom. The van der Waals surface area contributed by atoms with Crippen molar-refractivity contribution in [3.05, 3.63) is 57.0 Å². The first-order valence-electron chi connectivity index (χ1n) is 4.88. The topological polar surface area (TPSA) is 20.2 Å². The van der Waals surface area contributed by atoms with E-state index in [-0.39, 0.29) is 5.56 Å². The van der Waals surface area contributed by atoms with Crippen molar-refractivity contribution in [3.63, 3.8) is 0 Å². The van der Waals surface area contributed by atoms with E-state index in [0.29, 0.717) is 17.0 Å². The van der Waals surface area contributed by atoms with E-state index in [9.17, 15) is 18.3 Å². The van der Waals surface area contributed by atoms with Crippen molar-refractivity contribution in [3.8, 4) is 0 Å². The Morgan fingerprint density at radius 3 is 2.29 bits per heavy atom. The summed E-state index contributed by atoms with van der Waals surface area (Å²) in [7, 11) is 0. The van der Waals surface area contributed by atoms with Gasteiger partial charge in [0.25, 0.3) is 0 Å². The molecule has 0 radical (unpaired) electrons. The fourth-order valence-electron chi connectivity index (χ4n) is 1.50. The molecule has 0 amide bonds. The van der Waals surface area contributed by atoms with Crippen molar-refractivity contribution in [2.75, 3.05) is 0 Å². The lowest BCUT2D eigenvalue weighted by molar-refractivity contribution is 0.217. The molecule has 90 valence electrons. The summed E-state index contributed by atoms with van der Waals surface area (Å²) in [6.07, 6.45) is -1.27. The fraction of sp³-hybridized carbons (Fsp3) is 0.167. The molecule has 0 bridgehead atoms. The van der Waals surface area contributed by atoms with E-state index in [1.54, 1.807) is 12.1 Å². The molecule has 1 atom stereocenters. The molecule has 5 heteroatoms. The van der Waals surface area contributed by atoms with Gasteiger partial charge in [-0.3, -0.25) is 0 Å². The average molecular weight is 258 g/mol. The summed E-state index contributed by atoms with van der Waals surface area (Å²) in [5, 5.41) is 9.88. The summed E-state index contributed by atoms with van der Waals surface area (Å²) in [6, 6.07) is 4.52. The SMILES string of the molecule is Cc1ccc(C(O)c2cc(F)c(F)cc2F)s1. The van der Waals surface area contributed by atoms with E-state index < -0.39 is 23.6 Å². The van der Waals surface area contributed by atoms with Crippen LogP contribution in [0.2, 0.25) is 0 Å². The summed E-state index contributed by atoms with van der Waals surface area (Å²) in [5.74, 6) is -3.39. The van der Waals surface area contributed by atoms with Crippen molar-refractivity contribution >= 4 is 11.3 Å². The molecule has 0 saturated carbocycles. The normalized spacial score (nSPS) is 12.8. The second-order valence-corrected chi connectivity index (χ2v) is 4.96. The molecule has 1 aromatic heterocycles. The van der Waals surface area contributed by atoms with Gasteiger partial charge in [0.05, 0.1) is 0 Å². The number of halogens is 3. The summed E-state index contributed by atoms with van der Waals surface area (Å²) >= 11 is 1.28. The van der Waals surface area contributed by atoms with Crippen molar-refractivity contribution in [2.45, 2.75) is 13.0 Å². The third-order valence-electron chi connectivity index (χ3n) is 2.36. The van der Waals surface area contributed by atoms with Crippen LogP contribution >= 0.6 is 11.3 Å². The zero-order valence-corrected chi connectivity index (χ0v) is 9.69. The molecule has 17 heavy (non-hydrogen) atoms. The van der Waals surface area contributed by atoms with Gasteiger partial charge in [0.1, 0.15) is 11.9 Å². The number of aliphatic hydroxyl groups is 1. The number of hydrogen-bond acceptors (Lipinski definition) is 2. The van der Waals surface area contributed by atoms with E-state index in [4.69, 9.17) is 0 Å². The maximum atomic E-state index is 13.4. The van der Waals surface area contributed by atoms with Crippen molar-refractivity contribution in [1.82, 2.24) is 0 Å². The van der Waals surface area contributed by atoms with Crippen LogP contribution in [0.15, 0.2) is 24.3 Å². The van der Waals surface area contributed by atoms with Crippen LogP contribution in [0, 0.1) is 24.4 Å². The third-order valence-corrected chi connectivity index (χ3v) is 3.42. The number of hydrogen-bond donors (Lipinski definition) is 1. The summed E-state index contributed by atoms with van der Waals surface area (Å²) in [4.78, 5) is 1.44. The van der Waals surface area contributed by atoms with Gasteiger partial charge >= 0.3 is 0 Å². The molecule has 1 nitrogen and oxygen atoms in total. The largest absolute Gasteiger partial charge is 0.383 e. The second-order valence-electron chi connectivity index (χ2n) is 3.64. The highest BCUT2D eigenvalue weighted by atomic mass is 32.1. The molecule has 1 N–H and O–H groups in total. The van der Waals surface area contributed by atoms with Gasteiger partial charge in [0.2, 0.25) is 0 Å². The van der Waals surface area contributed by atoms with Crippen LogP contribution in [0.1, 0.15) is 21.4 Å². The monoisotopic (exact) mass is 258 g/mol. The third kappa shape index (κ3) is 2.35. The Kier molecular flexibility index (Phi) is 3.22. The molecule has 0 spiro atoms. The van der Waals surface area contributed by atoms with Gasteiger partial charge in [-0.25, -0.2) is 13.2 Å². The van der Waals surface area contributed by atoms with E-state index in [1.807, 2.05) is 6.92 Å². The van der Waals surface area contributed by atoms with Gasteiger partial charge in [-0.05, 0) is 25.1 Å². The molecular weight excluding hydrogens is 249 g/mol. The van der Waals surface area contributed by atoms with Crippen LogP contribution in [-0.2, 0) is 0 Å². The number of benzene rings is 1. The average Bonchev–Trinajstić information content (AvgIpc) is 2.69. The Bertz CT molecular complexity index is 551. The predicted octanol–water partition coefficient (Wildman–Crippen LogP) is 3.56. The molecular formula is C12H9F3OS. The first-order chi connectivity index (χ1) is 7.99. The lowest BCUT2D eigenvalue weighted by atomic mass is 10.1. The van der Waals surface area contributed by atoms with Crippen LogP contribution in [0.4, 0.5) is 13.2 Å². The molecule has 1 aromatic carbocycles. The Labute approximate surface area is 100 Å². The van der Waals surface area contributed by atoms with Crippen LogP contribution < -0.4 is 0 Å². The van der Waals surface area contributed by atoms with Crippen molar-refractivity contribution in [1.29, 1.82) is 0 Å². The van der Waals surface area contributed by atoms with E-state index in [2.05, 4.69) is 0 Å². The first-order valence-corrected chi connectivity index (χ1v) is 5.69. The molecule has 2 rings (SSSR count). The Hall–Kier alpha value is -1.33. The molecule has 0 fully saturated rings. The van der Waals surface area contributed by atoms with Crippen LogP contribution in [-0.4, -0.2) is 5.11 Å². The quantitative estimate of drug-likeness (QED) is 0.817. The summed E-state index contributed by atoms with van der Waals surface area (Å²) in [5.41, 5.74) is -0.259. The van der Waals surface area contributed by atoms with Crippen molar-refractivity contribution in [2.24, 2.45) is 0 Å². The maximum absolute atomic E-state index is 13.4. The first kappa shape index (κ1) is 12.1. The standard InChI is InChI=1S/C12H9F3OS/c1-6-2-3-11(17-6)12(16)7-4-9(14)10(15)5-8(7)13/h2-5,12,16H,1H3. The number of thiophene rings is 1. The predicted molar refractivity (Wildman–Crippen MR) is 59.4 cm³/mol. The molecule has 1 heterocycles. The van der Waals surface area contributed by atoms with Crippen LogP contribution in [0.5, 0.6) is 0 Å². The molecule has 0 saturated heterocycles. The maximum Gasteiger partial charge on any atom is 0.161 e. The lowest BCUT2D eigenvalue weighted by Gasteiger charge is -2.10. The van der Waals surface area contributed by atoms with Gasteiger partial charge in [-0.1, -0.05) is 0 Å². The van der Waals surface area contributed by atoms with E-state index in [0.717, 1.165) is 4.88 Å². The highest BCUT2D eigenvalue weighted by molar-refractivity contribution is 7.12. The highest BCUT2D eigenvalue weighted by Crippen LogP contribution is 2.30. The van der Waals surface area contributed by atoms with Gasteiger partial charge in [0, 0.05) is 21.4 Å². The van der Waals surface area contributed by atoms with Crippen LogP contribution in [0.25, 0.3) is 0 Å². The van der Waals surface area contributed by atoms with E-state index >= 15 is 0 Å². The molecule has 1 unspecified atom stereocenters. The number of aryl methyl sites for hydroxylation is 1. The highest BCUT2D eigenvalue weighted by Gasteiger charge is 2.19. The molecule has 0 aliphatic carbocycles. The lowest BCUT2D eigenvalue weighted by Crippen LogP contribution is -2.03. The van der Waals surface area contributed by atoms with Gasteiger partial charge in [-0.15, -0.1) is 11.3 Å². The van der Waals surface area contributed by atoms with Crippen molar-refractivity contribution < 1.29 is 18.3 Å². The summed E-state index contributed by atoms with van der Waals surface area (Å²) < 4.78 is 39.1. The van der Waals surface area contributed by atoms with E-state index in [1.165, 1.54) is 11.3 Å². The minimum atomic E-state index is -1.27. The smallest absolute Gasteiger partial charge is 0.161 e. The van der Waals surface area contributed by atoms with Gasteiger partial charge < -0.3 is 5.11 Å². The minimum absolute atomic E-state index is 0.259. The van der Waals surface area contributed by atoms with Gasteiger partial charge in [-0.2, -0.15) is 0 Å². The summed E-state index contributed by atoms with van der Waals surface area (Å²) in [6.45, 7) is 1.84. The Balaban J connectivity index is 2.43. The number of aliphatic hydroxyl groups excluding tert-OH is 1. The van der Waals surface area contributed by atoms with Gasteiger partial charge in [0.15, 0.2) is 11.6 Å². The Morgan fingerprint density at radius 1 is 1.06 bits per heavy atom. The molecule has 2 aromatic rings. The van der Waals surface area contributed by atoms with Crippen LogP contribution in [0.3, 0.4) is 0 Å². The molecule has 0 aliphatic heterocycles. The number of rotatable bonds is 2. The zero-order valence-electron chi connectivity index (χ0n) is 8.88. The zero-order chi connectivity index (χ0) is 12.6. The second kappa shape index (κ2) is 4.50. The fourth-order valence-corrected chi connectivity index (χ4v) is 2.38. The minimum Gasteiger partial charge on any atom is -0.383 e. The molecule has 0 aliphatic rings.